The van der Waals surface area contributed by atoms with Gasteiger partial charge >= 0.3 is 0 Å². The summed E-state index contributed by atoms with van der Waals surface area (Å²) >= 11 is 0. The van der Waals surface area contributed by atoms with Crippen molar-refractivity contribution in [2.24, 2.45) is 0 Å². The van der Waals surface area contributed by atoms with Crippen LogP contribution >= 0.6 is 0 Å². The molecule has 1 rings (SSSR count). The van der Waals surface area contributed by atoms with Crippen molar-refractivity contribution >= 4 is 0 Å². The number of hydrogen-bond donors (Lipinski definition) is 3. The minimum absolute atomic E-state index is 1.10. The van der Waals surface area contributed by atoms with Crippen LogP contribution in [0.5, 0.6) is 0 Å². The Morgan fingerprint density at radius 1 is 1.42 bits per heavy atom. The molecule has 12 heavy (non-hydrogen) atoms. The van der Waals surface area contributed by atoms with Gasteiger partial charge in [-0.25, -0.2) is 10.4 Å². The number of nitrogens with zero attached hydrogens (tertiary/aromatic N) is 1. The molecule has 0 atom stereocenters. The SMILES string of the molecule is CCCN1CCCNN1.CNC. The van der Waals surface area contributed by atoms with Gasteiger partial charge < -0.3 is 5.32 Å². The van der Waals surface area contributed by atoms with Crippen molar-refractivity contribution in [3.8, 4) is 0 Å². The van der Waals surface area contributed by atoms with Gasteiger partial charge in [0.05, 0.1) is 0 Å². The first-order valence-corrected chi connectivity index (χ1v) is 4.67. The van der Waals surface area contributed by atoms with Gasteiger partial charge in [0, 0.05) is 19.6 Å². The quantitative estimate of drug-likeness (QED) is 0.549. The summed E-state index contributed by atoms with van der Waals surface area (Å²) in [5.74, 6) is 0. The number of rotatable bonds is 2. The summed E-state index contributed by atoms with van der Waals surface area (Å²) in [6.45, 7) is 5.62. The molecule has 4 heteroatoms. The summed E-state index contributed by atoms with van der Waals surface area (Å²) in [7, 11) is 3.75. The predicted molar refractivity (Wildman–Crippen MR) is 52.6 cm³/mol. The molecule has 4 nitrogen and oxygen atoms in total. The van der Waals surface area contributed by atoms with Crippen LogP contribution in [0.1, 0.15) is 19.8 Å². The van der Waals surface area contributed by atoms with Crippen LogP contribution < -0.4 is 16.3 Å². The molecular formula is C8H22N4. The number of hydrogen-bond acceptors (Lipinski definition) is 4. The molecule has 1 aliphatic heterocycles. The first-order valence-electron chi connectivity index (χ1n) is 4.67. The van der Waals surface area contributed by atoms with Crippen LogP contribution in [0.4, 0.5) is 0 Å². The molecule has 0 aromatic carbocycles. The highest BCUT2D eigenvalue weighted by Crippen LogP contribution is 1.91. The lowest BCUT2D eigenvalue weighted by molar-refractivity contribution is 0.117. The van der Waals surface area contributed by atoms with E-state index in [1.807, 2.05) is 14.1 Å². The molecular weight excluding hydrogens is 152 g/mol. The molecule has 0 radical (unpaired) electrons. The van der Waals surface area contributed by atoms with Crippen LogP contribution in [-0.2, 0) is 0 Å². The molecule has 0 bridgehead atoms. The fourth-order valence-electron chi connectivity index (χ4n) is 1.02. The smallest absolute Gasteiger partial charge is 0.0156 e. The summed E-state index contributed by atoms with van der Waals surface area (Å²) in [5, 5.41) is 4.96. The van der Waals surface area contributed by atoms with E-state index in [1.165, 1.54) is 19.4 Å². The highest BCUT2D eigenvalue weighted by atomic mass is 15.7. The fraction of sp³-hybridized carbons (Fsp3) is 1.00. The average molecular weight is 174 g/mol. The molecule has 0 aromatic heterocycles. The highest BCUT2D eigenvalue weighted by molar-refractivity contribution is 4.55. The minimum Gasteiger partial charge on any atom is -0.323 e. The van der Waals surface area contributed by atoms with Gasteiger partial charge in [-0.1, -0.05) is 6.92 Å². The average Bonchev–Trinajstić information content (AvgIpc) is 2.08. The van der Waals surface area contributed by atoms with E-state index in [9.17, 15) is 0 Å². The third kappa shape index (κ3) is 6.54. The van der Waals surface area contributed by atoms with Crippen LogP contribution in [-0.4, -0.2) is 38.7 Å². The van der Waals surface area contributed by atoms with Gasteiger partial charge in [-0.2, -0.15) is 5.53 Å². The molecule has 0 saturated carbocycles. The van der Waals surface area contributed by atoms with E-state index >= 15 is 0 Å². The van der Waals surface area contributed by atoms with E-state index in [1.54, 1.807) is 0 Å². The Morgan fingerprint density at radius 2 is 2.08 bits per heavy atom. The van der Waals surface area contributed by atoms with Gasteiger partial charge in [0.2, 0.25) is 0 Å². The second-order valence-electron chi connectivity index (χ2n) is 2.88. The van der Waals surface area contributed by atoms with Crippen molar-refractivity contribution in [2.45, 2.75) is 19.8 Å². The van der Waals surface area contributed by atoms with Crippen molar-refractivity contribution < 1.29 is 0 Å². The number of hydrazine groups is 2. The summed E-state index contributed by atoms with van der Waals surface area (Å²) in [6.07, 6.45) is 2.47. The van der Waals surface area contributed by atoms with E-state index in [0.717, 1.165) is 13.1 Å². The molecule has 74 valence electrons. The van der Waals surface area contributed by atoms with Gasteiger partial charge in [-0.15, -0.1) is 0 Å². The normalized spacial score (nSPS) is 18.2. The topological polar surface area (TPSA) is 39.3 Å². The molecule has 1 aliphatic rings. The van der Waals surface area contributed by atoms with Crippen molar-refractivity contribution in [3.63, 3.8) is 0 Å². The third-order valence-electron chi connectivity index (χ3n) is 1.46. The molecule has 0 aliphatic carbocycles. The first-order chi connectivity index (χ1) is 5.85. The second-order valence-corrected chi connectivity index (χ2v) is 2.88. The van der Waals surface area contributed by atoms with Crippen LogP contribution in [0, 0.1) is 0 Å². The van der Waals surface area contributed by atoms with E-state index in [4.69, 9.17) is 0 Å². The lowest BCUT2D eigenvalue weighted by Gasteiger charge is -2.27. The van der Waals surface area contributed by atoms with E-state index in [0.29, 0.717) is 0 Å². The minimum atomic E-state index is 1.10. The fourth-order valence-corrected chi connectivity index (χ4v) is 1.02. The Morgan fingerprint density at radius 3 is 2.50 bits per heavy atom. The molecule has 1 fully saturated rings. The maximum absolute atomic E-state index is 3.10. The second kappa shape index (κ2) is 8.93. The van der Waals surface area contributed by atoms with Crippen molar-refractivity contribution in [3.05, 3.63) is 0 Å². The highest BCUT2D eigenvalue weighted by Gasteiger charge is 2.05. The summed E-state index contributed by atoms with van der Waals surface area (Å²) < 4.78 is 0. The summed E-state index contributed by atoms with van der Waals surface area (Å²) in [6, 6.07) is 0. The van der Waals surface area contributed by atoms with E-state index in [2.05, 4.69) is 28.2 Å². The van der Waals surface area contributed by atoms with Crippen LogP contribution in [0.15, 0.2) is 0 Å². The van der Waals surface area contributed by atoms with Gasteiger partial charge in [0.1, 0.15) is 0 Å². The van der Waals surface area contributed by atoms with Gasteiger partial charge in [0.15, 0.2) is 0 Å². The number of nitrogens with one attached hydrogen (secondary N) is 3. The maximum Gasteiger partial charge on any atom is 0.0156 e. The standard InChI is InChI=1S/C6H15N3.C2H7N/c1-2-5-9-6-3-4-7-8-9;1-3-2/h7-8H,2-6H2,1H3;3H,1-2H3. The van der Waals surface area contributed by atoms with Crippen molar-refractivity contribution in [1.82, 2.24) is 21.3 Å². The van der Waals surface area contributed by atoms with Crippen LogP contribution in [0.2, 0.25) is 0 Å². The van der Waals surface area contributed by atoms with Gasteiger partial charge in [0.25, 0.3) is 0 Å². The molecule has 0 aromatic rings. The zero-order chi connectivity index (χ0) is 9.23. The Kier molecular flexibility index (Phi) is 8.81. The zero-order valence-electron chi connectivity index (χ0n) is 8.48. The molecule has 0 unspecified atom stereocenters. The Labute approximate surface area is 75.6 Å². The monoisotopic (exact) mass is 174 g/mol. The first kappa shape index (κ1) is 11.8. The van der Waals surface area contributed by atoms with Crippen LogP contribution in [0.25, 0.3) is 0 Å². The lowest BCUT2D eigenvalue weighted by atomic mass is 10.4. The summed E-state index contributed by atoms with van der Waals surface area (Å²) in [5.41, 5.74) is 6.20. The predicted octanol–water partition coefficient (Wildman–Crippen LogP) is -0.0531. The molecule has 3 N–H and O–H groups in total. The zero-order valence-corrected chi connectivity index (χ0v) is 8.48. The molecule has 0 amide bonds. The Bertz CT molecular complexity index is 78.4. The lowest BCUT2D eigenvalue weighted by Crippen LogP contribution is -2.52. The van der Waals surface area contributed by atoms with Crippen molar-refractivity contribution in [1.29, 1.82) is 0 Å². The maximum atomic E-state index is 3.10. The van der Waals surface area contributed by atoms with Crippen molar-refractivity contribution in [2.75, 3.05) is 33.7 Å². The van der Waals surface area contributed by atoms with Gasteiger partial charge in [-0.3, -0.25) is 0 Å². The third-order valence-corrected chi connectivity index (χ3v) is 1.46. The van der Waals surface area contributed by atoms with E-state index < -0.39 is 0 Å². The Balaban J connectivity index is 0.000000354. The van der Waals surface area contributed by atoms with Crippen LogP contribution in [0.3, 0.4) is 0 Å². The summed E-state index contributed by atoms with van der Waals surface area (Å²) in [4.78, 5) is 0. The van der Waals surface area contributed by atoms with E-state index in [-0.39, 0.29) is 0 Å². The molecule has 1 saturated heterocycles. The molecule has 0 spiro atoms. The molecule has 1 heterocycles. The Hall–Kier alpha value is -0.160. The van der Waals surface area contributed by atoms with Gasteiger partial charge in [-0.05, 0) is 26.9 Å². The largest absolute Gasteiger partial charge is 0.323 e.